The van der Waals surface area contributed by atoms with Gasteiger partial charge in [-0.25, -0.2) is 4.79 Å². The van der Waals surface area contributed by atoms with Crippen LogP contribution in [0.15, 0.2) is 24.3 Å². The van der Waals surface area contributed by atoms with Crippen molar-refractivity contribution in [1.82, 2.24) is 5.32 Å². The van der Waals surface area contributed by atoms with E-state index < -0.39 is 0 Å². The Kier molecular flexibility index (Phi) is 4.17. The molecular formula is C13H17NO4. The van der Waals surface area contributed by atoms with Crippen LogP contribution in [0.4, 0.5) is 0 Å². The van der Waals surface area contributed by atoms with E-state index in [-0.39, 0.29) is 18.1 Å². The number of aliphatic hydroxyl groups excluding tert-OH is 1. The summed E-state index contributed by atoms with van der Waals surface area (Å²) in [4.78, 5) is 11.3. The summed E-state index contributed by atoms with van der Waals surface area (Å²) in [6.07, 6.45) is 0.399. The standard InChI is InChI=1S/C13H17NO4/c1-17-13(16)9-3-2-4-12(5-9)18-8-10-6-11(15)7-14-10/h2-5,10-11,14-15H,6-8H2,1H3/t10-,11+/m0/s1. The molecule has 2 atom stereocenters. The first kappa shape index (κ1) is 12.9. The molecule has 0 radical (unpaired) electrons. The van der Waals surface area contributed by atoms with Gasteiger partial charge in [-0.3, -0.25) is 0 Å². The van der Waals surface area contributed by atoms with Crippen LogP contribution >= 0.6 is 0 Å². The van der Waals surface area contributed by atoms with Crippen molar-refractivity contribution in [3.05, 3.63) is 29.8 Å². The quantitative estimate of drug-likeness (QED) is 0.766. The Morgan fingerprint density at radius 1 is 1.56 bits per heavy atom. The number of esters is 1. The Morgan fingerprint density at radius 2 is 2.39 bits per heavy atom. The average molecular weight is 251 g/mol. The van der Waals surface area contributed by atoms with Crippen LogP contribution in [0.3, 0.4) is 0 Å². The fraction of sp³-hybridized carbons (Fsp3) is 0.462. The number of methoxy groups -OCH3 is 1. The highest BCUT2D eigenvalue weighted by atomic mass is 16.5. The van der Waals surface area contributed by atoms with Gasteiger partial charge in [0.15, 0.2) is 0 Å². The van der Waals surface area contributed by atoms with E-state index in [0.29, 0.717) is 30.9 Å². The van der Waals surface area contributed by atoms with Crippen molar-refractivity contribution in [2.45, 2.75) is 18.6 Å². The molecule has 1 aliphatic rings. The monoisotopic (exact) mass is 251 g/mol. The van der Waals surface area contributed by atoms with Gasteiger partial charge >= 0.3 is 5.97 Å². The molecule has 5 nitrogen and oxygen atoms in total. The van der Waals surface area contributed by atoms with E-state index in [1.54, 1.807) is 24.3 Å². The highest BCUT2D eigenvalue weighted by Gasteiger charge is 2.22. The molecule has 0 saturated carbocycles. The van der Waals surface area contributed by atoms with Crippen molar-refractivity contribution in [2.24, 2.45) is 0 Å². The molecule has 1 aliphatic heterocycles. The number of hydrogen-bond donors (Lipinski definition) is 2. The fourth-order valence-electron chi connectivity index (χ4n) is 1.95. The van der Waals surface area contributed by atoms with Crippen molar-refractivity contribution >= 4 is 5.97 Å². The molecule has 1 aromatic rings. The minimum atomic E-state index is -0.380. The van der Waals surface area contributed by atoms with Crippen LogP contribution in [0.5, 0.6) is 5.75 Å². The van der Waals surface area contributed by atoms with Crippen LogP contribution in [0.1, 0.15) is 16.8 Å². The van der Waals surface area contributed by atoms with Gasteiger partial charge in [0.1, 0.15) is 12.4 Å². The summed E-state index contributed by atoms with van der Waals surface area (Å²) >= 11 is 0. The number of nitrogens with one attached hydrogen (secondary N) is 1. The molecule has 1 aromatic carbocycles. The lowest BCUT2D eigenvalue weighted by atomic mass is 10.2. The molecule has 0 aliphatic carbocycles. The highest BCUT2D eigenvalue weighted by molar-refractivity contribution is 5.89. The third-order valence-corrected chi connectivity index (χ3v) is 2.91. The maximum atomic E-state index is 11.3. The lowest BCUT2D eigenvalue weighted by molar-refractivity contribution is 0.0600. The van der Waals surface area contributed by atoms with Crippen molar-refractivity contribution in [3.63, 3.8) is 0 Å². The number of ether oxygens (including phenoxy) is 2. The lowest BCUT2D eigenvalue weighted by Gasteiger charge is -2.12. The van der Waals surface area contributed by atoms with Gasteiger partial charge in [0, 0.05) is 12.6 Å². The van der Waals surface area contributed by atoms with Gasteiger partial charge < -0.3 is 19.9 Å². The molecule has 5 heteroatoms. The molecule has 98 valence electrons. The minimum Gasteiger partial charge on any atom is -0.492 e. The summed E-state index contributed by atoms with van der Waals surface area (Å²) in [5.74, 6) is 0.246. The van der Waals surface area contributed by atoms with Gasteiger partial charge in [-0.05, 0) is 24.6 Å². The van der Waals surface area contributed by atoms with E-state index in [1.165, 1.54) is 7.11 Å². The third-order valence-electron chi connectivity index (χ3n) is 2.91. The number of aliphatic hydroxyl groups is 1. The smallest absolute Gasteiger partial charge is 0.337 e. The van der Waals surface area contributed by atoms with Crippen LogP contribution < -0.4 is 10.1 Å². The van der Waals surface area contributed by atoms with Gasteiger partial charge in [-0.2, -0.15) is 0 Å². The maximum absolute atomic E-state index is 11.3. The molecule has 18 heavy (non-hydrogen) atoms. The molecule has 2 N–H and O–H groups in total. The number of carbonyl (C=O) groups is 1. The lowest BCUT2D eigenvalue weighted by Crippen LogP contribution is -2.28. The predicted molar refractivity (Wildman–Crippen MR) is 65.7 cm³/mol. The summed E-state index contributed by atoms with van der Waals surface area (Å²) in [6.45, 7) is 1.08. The summed E-state index contributed by atoms with van der Waals surface area (Å²) in [7, 11) is 1.35. The zero-order valence-corrected chi connectivity index (χ0v) is 10.3. The minimum absolute atomic E-state index is 0.154. The van der Waals surface area contributed by atoms with Gasteiger partial charge in [0.2, 0.25) is 0 Å². The molecule has 0 unspecified atom stereocenters. The number of benzene rings is 1. The number of β-amino-alcohol motifs (C(OH)–C–C–N with tert-alkyl or cyclic N) is 1. The zero-order valence-electron chi connectivity index (χ0n) is 10.3. The van der Waals surface area contributed by atoms with E-state index in [0.717, 1.165) is 0 Å². The largest absolute Gasteiger partial charge is 0.492 e. The summed E-state index contributed by atoms with van der Waals surface area (Å²) in [5.41, 5.74) is 0.467. The van der Waals surface area contributed by atoms with Crippen molar-refractivity contribution < 1.29 is 19.4 Å². The Morgan fingerprint density at radius 3 is 3.06 bits per heavy atom. The summed E-state index contributed by atoms with van der Waals surface area (Å²) in [5, 5.41) is 12.5. The first-order valence-corrected chi connectivity index (χ1v) is 5.91. The second kappa shape index (κ2) is 5.84. The average Bonchev–Trinajstić information content (AvgIpc) is 2.81. The highest BCUT2D eigenvalue weighted by Crippen LogP contribution is 2.15. The zero-order chi connectivity index (χ0) is 13.0. The molecule has 1 fully saturated rings. The van der Waals surface area contributed by atoms with Crippen molar-refractivity contribution in [2.75, 3.05) is 20.3 Å². The molecule has 0 amide bonds. The van der Waals surface area contributed by atoms with E-state index in [4.69, 9.17) is 4.74 Å². The van der Waals surface area contributed by atoms with Crippen molar-refractivity contribution in [1.29, 1.82) is 0 Å². The van der Waals surface area contributed by atoms with E-state index in [1.807, 2.05) is 0 Å². The van der Waals surface area contributed by atoms with Crippen molar-refractivity contribution in [3.8, 4) is 5.75 Å². The maximum Gasteiger partial charge on any atom is 0.337 e. The van der Waals surface area contributed by atoms with E-state index in [9.17, 15) is 9.90 Å². The number of carbonyl (C=O) groups excluding carboxylic acids is 1. The second-order valence-electron chi connectivity index (χ2n) is 4.33. The van der Waals surface area contributed by atoms with Crippen LogP contribution in [-0.4, -0.2) is 43.5 Å². The van der Waals surface area contributed by atoms with Crippen LogP contribution in [0, 0.1) is 0 Å². The Balaban J connectivity index is 1.91. The van der Waals surface area contributed by atoms with Crippen LogP contribution in [0.2, 0.25) is 0 Å². The van der Waals surface area contributed by atoms with Crippen LogP contribution in [0.25, 0.3) is 0 Å². The topological polar surface area (TPSA) is 67.8 Å². The van der Waals surface area contributed by atoms with Gasteiger partial charge in [-0.1, -0.05) is 6.07 Å². The SMILES string of the molecule is COC(=O)c1cccc(OC[C@@H]2C[C@@H](O)CN2)c1. The van der Waals surface area contributed by atoms with Gasteiger partial charge in [0.25, 0.3) is 0 Å². The normalized spacial score (nSPS) is 22.8. The third kappa shape index (κ3) is 3.21. The second-order valence-corrected chi connectivity index (χ2v) is 4.33. The Hall–Kier alpha value is -1.59. The molecule has 0 spiro atoms. The molecular weight excluding hydrogens is 234 g/mol. The van der Waals surface area contributed by atoms with Crippen LogP contribution in [-0.2, 0) is 4.74 Å². The summed E-state index contributed by atoms with van der Waals surface area (Å²) < 4.78 is 10.2. The molecule has 0 aromatic heterocycles. The molecule has 1 heterocycles. The molecule has 1 saturated heterocycles. The Bertz CT molecular complexity index is 421. The number of rotatable bonds is 4. The fourth-order valence-corrected chi connectivity index (χ4v) is 1.95. The first-order chi connectivity index (χ1) is 8.69. The molecule has 0 bridgehead atoms. The predicted octanol–water partition coefficient (Wildman–Crippen LogP) is 0.575. The summed E-state index contributed by atoms with van der Waals surface area (Å²) in [6, 6.07) is 7.02. The number of hydrogen-bond acceptors (Lipinski definition) is 5. The van der Waals surface area contributed by atoms with E-state index in [2.05, 4.69) is 10.1 Å². The van der Waals surface area contributed by atoms with Gasteiger partial charge in [-0.15, -0.1) is 0 Å². The first-order valence-electron chi connectivity index (χ1n) is 5.91. The Labute approximate surface area is 106 Å². The molecule has 2 rings (SSSR count). The van der Waals surface area contributed by atoms with E-state index >= 15 is 0 Å². The van der Waals surface area contributed by atoms with Gasteiger partial charge in [0.05, 0.1) is 18.8 Å².